The van der Waals surface area contributed by atoms with Crippen LogP contribution >= 0.6 is 23.4 Å². The van der Waals surface area contributed by atoms with E-state index in [9.17, 15) is 0 Å². The second-order valence-electron chi connectivity index (χ2n) is 8.09. The van der Waals surface area contributed by atoms with Crippen molar-refractivity contribution in [2.45, 2.75) is 31.3 Å². The molecule has 0 saturated carbocycles. The Balaban J connectivity index is 1.49. The van der Waals surface area contributed by atoms with E-state index in [2.05, 4.69) is 27.4 Å². The lowest BCUT2D eigenvalue weighted by molar-refractivity contribution is 0.224. The summed E-state index contributed by atoms with van der Waals surface area (Å²) in [6.45, 7) is 2.48. The summed E-state index contributed by atoms with van der Waals surface area (Å²) in [6, 6.07) is 21.4. The van der Waals surface area contributed by atoms with Crippen molar-refractivity contribution < 1.29 is 14.2 Å². The second kappa shape index (κ2) is 11.1. The van der Waals surface area contributed by atoms with Gasteiger partial charge in [0.05, 0.1) is 12.1 Å². The topological polar surface area (TPSA) is 78.4 Å². The molecule has 0 aliphatic carbocycles. The summed E-state index contributed by atoms with van der Waals surface area (Å²) < 4.78 is 18.0. The molecule has 0 saturated heterocycles. The Hall–Kier alpha value is -3.49. The average Bonchev–Trinajstić information content (AvgIpc) is 3.08. The molecule has 5 rings (SSSR count). The van der Waals surface area contributed by atoms with Gasteiger partial charge in [0.2, 0.25) is 11.0 Å². The molecule has 0 fully saturated rings. The number of nitrogens with one attached hydrogen (secondary N) is 1. The number of thioether (sulfide) groups is 1. The summed E-state index contributed by atoms with van der Waals surface area (Å²) in [5, 5.41) is 13.2. The number of methoxy groups -OCH3 is 1. The van der Waals surface area contributed by atoms with Crippen LogP contribution in [0, 0.1) is 0 Å². The van der Waals surface area contributed by atoms with E-state index in [4.69, 9.17) is 25.8 Å². The Labute approximate surface area is 219 Å². The lowest BCUT2D eigenvalue weighted by Gasteiger charge is -2.21. The van der Waals surface area contributed by atoms with Crippen LogP contribution in [-0.2, 0) is 6.61 Å². The number of anilines is 1. The average molecular weight is 521 g/mol. The minimum Gasteiger partial charge on any atom is -0.493 e. The molecule has 4 aromatic rings. The lowest BCUT2D eigenvalue weighted by atomic mass is 10.1. The van der Waals surface area contributed by atoms with Crippen LogP contribution in [0.4, 0.5) is 5.69 Å². The van der Waals surface area contributed by atoms with Gasteiger partial charge in [-0.25, -0.2) is 0 Å². The molecule has 1 atom stereocenters. The predicted molar refractivity (Wildman–Crippen MR) is 142 cm³/mol. The Morgan fingerprint density at radius 2 is 1.86 bits per heavy atom. The standard InChI is InChI=1S/C27H25ClN4O3S/c1-3-13-36-27-30-26-23(31-32-27)19-11-7-8-12-21(19)29-25(35-26)18-14-20(28)24(22(15-18)33-2)34-16-17-9-5-4-6-10-17/h4-12,14-15,25,29H,3,13,16H2,1-2H3. The van der Waals surface area contributed by atoms with E-state index in [1.165, 1.54) is 0 Å². The smallest absolute Gasteiger partial charge is 0.247 e. The van der Waals surface area contributed by atoms with Crippen molar-refractivity contribution in [1.29, 1.82) is 0 Å². The summed E-state index contributed by atoms with van der Waals surface area (Å²) in [7, 11) is 1.59. The van der Waals surface area contributed by atoms with Crippen molar-refractivity contribution in [2.75, 3.05) is 18.2 Å². The maximum absolute atomic E-state index is 6.69. The molecule has 36 heavy (non-hydrogen) atoms. The predicted octanol–water partition coefficient (Wildman–Crippen LogP) is 6.78. The van der Waals surface area contributed by atoms with E-state index in [1.54, 1.807) is 18.9 Å². The van der Waals surface area contributed by atoms with Gasteiger partial charge in [0.1, 0.15) is 6.61 Å². The molecule has 2 heterocycles. The van der Waals surface area contributed by atoms with Crippen LogP contribution in [0.3, 0.4) is 0 Å². The quantitative estimate of drug-likeness (QED) is 0.254. The number of hydrogen-bond donors (Lipinski definition) is 1. The van der Waals surface area contributed by atoms with Crippen molar-refractivity contribution in [2.24, 2.45) is 0 Å². The third-order valence-corrected chi connectivity index (χ3v) is 6.87. The third-order valence-electron chi connectivity index (χ3n) is 5.55. The SMILES string of the molecule is CCCSc1nnc2c(n1)OC(c1cc(Cl)c(OCc3ccccc3)c(OC)c1)Nc1ccccc1-2. The fraction of sp³-hybridized carbons (Fsp3) is 0.222. The van der Waals surface area contributed by atoms with Crippen LogP contribution in [0.15, 0.2) is 71.9 Å². The molecule has 0 amide bonds. The number of halogens is 1. The molecule has 184 valence electrons. The zero-order chi connectivity index (χ0) is 24.9. The van der Waals surface area contributed by atoms with Crippen molar-refractivity contribution in [1.82, 2.24) is 15.2 Å². The van der Waals surface area contributed by atoms with Gasteiger partial charge in [-0.2, -0.15) is 4.98 Å². The molecule has 1 unspecified atom stereocenters. The molecular weight excluding hydrogens is 496 g/mol. The number of fused-ring (bicyclic) bond motifs is 3. The fourth-order valence-corrected chi connectivity index (χ4v) is 4.72. The molecule has 1 aliphatic rings. The molecule has 1 N–H and O–H groups in total. The molecule has 9 heteroatoms. The van der Waals surface area contributed by atoms with E-state index in [1.807, 2.05) is 66.7 Å². The highest BCUT2D eigenvalue weighted by atomic mass is 35.5. The zero-order valence-electron chi connectivity index (χ0n) is 19.9. The summed E-state index contributed by atoms with van der Waals surface area (Å²) >= 11 is 8.24. The van der Waals surface area contributed by atoms with Crippen LogP contribution < -0.4 is 19.5 Å². The van der Waals surface area contributed by atoms with Gasteiger partial charge >= 0.3 is 0 Å². The molecular formula is C27H25ClN4O3S. The highest BCUT2D eigenvalue weighted by Crippen LogP contribution is 2.43. The van der Waals surface area contributed by atoms with E-state index in [-0.39, 0.29) is 0 Å². The number of nitrogens with zero attached hydrogens (tertiary/aromatic N) is 3. The molecule has 1 aliphatic heterocycles. The van der Waals surface area contributed by atoms with Crippen molar-refractivity contribution >= 4 is 29.1 Å². The molecule has 1 aromatic heterocycles. The highest BCUT2D eigenvalue weighted by molar-refractivity contribution is 7.99. The maximum Gasteiger partial charge on any atom is 0.247 e. The Kier molecular flexibility index (Phi) is 7.44. The number of aromatic nitrogens is 3. The van der Waals surface area contributed by atoms with Crippen LogP contribution in [0.25, 0.3) is 11.3 Å². The van der Waals surface area contributed by atoms with Crippen molar-refractivity contribution in [3.63, 3.8) is 0 Å². The van der Waals surface area contributed by atoms with Crippen molar-refractivity contribution in [3.8, 4) is 28.6 Å². The van der Waals surface area contributed by atoms with Gasteiger partial charge in [-0.15, -0.1) is 10.2 Å². The van der Waals surface area contributed by atoms with Crippen molar-refractivity contribution in [3.05, 3.63) is 82.9 Å². The number of benzene rings is 3. The number of para-hydroxylation sites is 1. The molecule has 7 nitrogen and oxygen atoms in total. The second-order valence-corrected chi connectivity index (χ2v) is 9.56. The van der Waals surface area contributed by atoms with E-state index in [0.29, 0.717) is 39.9 Å². The Morgan fingerprint density at radius 1 is 1.06 bits per heavy atom. The summed E-state index contributed by atoms with van der Waals surface area (Å²) in [4.78, 5) is 4.67. The van der Waals surface area contributed by atoms with Crippen LogP contribution in [-0.4, -0.2) is 28.0 Å². The van der Waals surface area contributed by atoms with Crippen LogP contribution in [0.2, 0.25) is 5.02 Å². The van der Waals surface area contributed by atoms with E-state index >= 15 is 0 Å². The number of rotatable bonds is 8. The molecule has 3 aromatic carbocycles. The third kappa shape index (κ3) is 5.20. The van der Waals surface area contributed by atoms with Crippen LogP contribution in [0.1, 0.15) is 30.7 Å². The van der Waals surface area contributed by atoms with Gasteiger partial charge in [0.25, 0.3) is 0 Å². The van der Waals surface area contributed by atoms with E-state index in [0.717, 1.165) is 34.6 Å². The monoisotopic (exact) mass is 520 g/mol. The molecule has 0 spiro atoms. The highest BCUT2D eigenvalue weighted by Gasteiger charge is 2.27. The first-order chi connectivity index (χ1) is 17.7. The van der Waals surface area contributed by atoms with Gasteiger partial charge in [0.15, 0.2) is 23.4 Å². The van der Waals surface area contributed by atoms with Gasteiger partial charge in [0, 0.05) is 22.6 Å². The van der Waals surface area contributed by atoms with Gasteiger partial charge in [-0.1, -0.05) is 78.8 Å². The van der Waals surface area contributed by atoms with E-state index < -0.39 is 6.23 Å². The minimum atomic E-state index is -0.595. The molecule has 0 bridgehead atoms. The Bertz CT molecular complexity index is 1360. The fourth-order valence-electron chi connectivity index (χ4n) is 3.81. The van der Waals surface area contributed by atoms with Crippen LogP contribution in [0.5, 0.6) is 17.4 Å². The minimum absolute atomic E-state index is 0.371. The zero-order valence-corrected chi connectivity index (χ0v) is 21.5. The Morgan fingerprint density at radius 3 is 2.67 bits per heavy atom. The first kappa shape index (κ1) is 24.2. The largest absolute Gasteiger partial charge is 0.493 e. The normalized spacial score (nSPS) is 14.0. The maximum atomic E-state index is 6.69. The molecule has 0 radical (unpaired) electrons. The number of ether oxygens (including phenoxy) is 3. The lowest BCUT2D eigenvalue weighted by Crippen LogP contribution is -2.17. The number of hydrogen-bond acceptors (Lipinski definition) is 8. The summed E-state index contributed by atoms with van der Waals surface area (Å²) in [6.07, 6.45) is 0.415. The summed E-state index contributed by atoms with van der Waals surface area (Å²) in [5.41, 5.74) is 4.09. The van der Waals surface area contributed by atoms with Gasteiger partial charge in [-0.3, -0.25) is 0 Å². The van der Waals surface area contributed by atoms with Gasteiger partial charge < -0.3 is 19.5 Å². The van der Waals surface area contributed by atoms with Gasteiger partial charge in [-0.05, 0) is 30.2 Å². The first-order valence-corrected chi connectivity index (χ1v) is 13.0. The summed E-state index contributed by atoms with van der Waals surface area (Å²) in [5.74, 6) is 2.29. The first-order valence-electron chi connectivity index (χ1n) is 11.6.